The highest BCUT2D eigenvalue weighted by molar-refractivity contribution is 5.25. The van der Waals surface area contributed by atoms with E-state index in [-0.39, 0.29) is 0 Å². The van der Waals surface area contributed by atoms with Gasteiger partial charge in [0.05, 0.1) is 0 Å². The van der Waals surface area contributed by atoms with E-state index < -0.39 is 11.6 Å². The average molecular weight is 227 g/mol. The van der Waals surface area contributed by atoms with Crippen LogP contribution >= 0.6 is 0 Å². The Morgan fingerprint density at radius 3 is 2.50 bits per heavy atom. The molecule has 0 aliphatic carbocycles. The Morgan fingerprint density at radius 1 is 1.25 bits per heavy atom. The zero-order chi connectivity index (χ0) is 12.1. The minimum absolute atomic E-state index is 0.363. The van der Waals surface area contributed by atoms with E-state index in [0.717, 1.165) is 12.8 Å². The average Bonchev–Trinajstić information content (AvgIpc) is 2.30. The minimum Gasteiger partial charge on any atom is -0.317 e. The highest BCUT2D eigenvalue weighted by atomic mass is 19.2. The summed E-state index contributed by atoms with van der Waals surface area (Å²) in [5.74, 6) is -1.40. The molecule has 0 spiro atoms. The first-order chi connectivity index (χ1) is 7.60. The second-order valence-electron chi connectivity index (χ2n) is 4.10. The highest BCUT2D eigenvalue weighted by Crippen LogP contribution is 2.17. The van der Waals surface area contributed by atoms with Gasteiger partial charge in [-0.3, -0.25) is 0 Å². The predicted octanol–water partition coefficient (Wildman–Crippen LogP) is 3.20. The third kappa shape index (κ3) is 3.01. The van der Waals surface area contributed by atoms with E-state index in [9.17, 15) is 8.78 Å². The zero-order valence-electron chi connectivity index (χ0n) is 10.1. The number of rotatable bonds is 5. The number of benzene rings is 1. The van der Waals surface area contributed by atoms with Gasteiger partial charge in [0.1, 0.15) is 0 Å². The Hall–Kier alpha value is -0.960. The van der Waals surface area contributed by atoms with Gasteiger partial charge in [-0.25, -0.2) is 8.78 Å². The molecule has 1 unspecified atom stereocenters. The quantitative estimate of drug-likeness (QED) is 0.814. The fourth-order valence-corrected chi connectivity index (χ4v) is 1.76. The van der Waals surface area contributed by atoms with E-state index in [2.05, 4.69) is 12.2 Å². The second kappa shape index (κ2) is 5.94. The first-order valence-corrected chi connectivity index (χ1v) is 5.70. The third-order valence-electron chi connectivity index (χ3n) is 3.02. The summed E-state index contributed by atoms with van der Waals surface area (Å²) in [6, 6.07) is 3.67. The smallest absolute Gasteiger partial charge is 0.162 e. The summed E-state index contributed by atoms with van der Waals surface area (Å²) in [7, 11) is 1.89. The Kier molecular flexibility index (Phi) is 4.87. The number of nitrogens with one attached hydrogen (secondary N) is 1. The fourth-order valence-electron chi connectivity index (χ4n) is 1.76. The van der Waals surface area contributed by atoms with Crippen molar-refractivity contribution in [2.24, 2.45) is 0 Å². The Bertz CT molecular complexity index is 346. The van der Waals surface area contributed by atoms with E-state index in [4.69, 9.17) is 0 Å². The summed E-state index contributed by atoms with van der Waals surface area (Å²) in [5.41, 5.74) is 0.832. The monoisotopic (exact) mass is 227 g/mol. The van der Waals surface area contributed by atoms with E-state index >= 15 is 0 Å². The summed E-state index contributed by atoms with van der Waals surface area (Å²) in [6.45, 7) is 3.65. The van der Waals surface area contributed by atoms with Crippen molar-refractivity contribution in [1.29, 1.82) is 0 Å². The van der Waals surface area contributed by atoms with Crippen LogP contribution in [-0.2, 0) is 6.42 Å². The first kappa shape index (κ1) is 13.1. The number of hydrogen-bond acceptors (Lipinski definition) is 1. The van der Waals surface area contributed by atoms with E-state index in [1.807, 2.05) is 7.05 Å². The molecule has 1 nitrogen and oxygen atoms in total. The van der Waals surface area contributed by atoms with Gasteiger partial charge >= 0.3 is 0 Å². The molecule has 0 heterocycles. The molecule has 1 N–H and O–H groups in total. The van der Waals surface area contributed by atoms with Crippen LogP contribution in [0.5, 0.6) is 0 Å². The van der Waals surface area contributed by atoms with Crippen LogP contribution in [0, 0.1) is 18.6 Å². The summed E-state index contributed by atoms with van der Waals surface area (Å²) in [5, 5.41) is 3.15. The molecular formula is C13H19F2N. The molecule has 90 valence electrons. The molecule has 0 amide bonds. The maximum Gasteiger partial charge on any atom is 0.162 e. The maximum absolute atomic E-state index is 13.5. The largest absolute Gasteiger partial charge is 0.317 e. The van der Waals surface area contributed by atoms with Gasteiger partial charge in [0.2, 0.25) is 0 Å². The van der Waals surface area contributed by atoms with Gasteiger partial charge in [-0.15, -0.1) is 0 Å². The summed E-state index contributed by atoms with van der Waals surface area (Å²) in [4.78, 5) is 0. The van der Waals surface area contributed by atoms with E-state index in [1.54, 1.807) is 19.1 Å². The van der Waals surface area contributed by atoms with Gasteiger partial charge < -0.3 is 5.32 Å². The minimum atomic E-state index is -0.713. The van der Waals surface area contributed by atoms with Gasteiger partial charge in [0.25, 0.3) is 0 Å². The lowest BCUT2D eigenvalue weighted by Gasteiger charge is -2.14. The van der Waals surface area contributed by atoms with Crippen molar-refractivity contribution in [3.8, 4) is 0 Å². The zero-order valence-corrected chi connectivity index (χ0v) is 10.1. The Balaban J connectivity index is 2.71. The highest BCUT2D eigenvalue weighted by Gasteiger charge is 2.12. The molecule has 0 aliphatic heterocycles. The molecule has 0 saturated carbocycles. The van der Waals surface area contributed by atoms with Crippen LogP contribution in [0.3, 0.4) is 0 Å². The molecule has 0 saturated heterocycles. The number of aryl methyl sites for hydroxylation is 2. The fraction of sp³-hybridized carbons (Fsp3) is 0.538. The molecule has 1 aromatic carbocycles. The third-order valence-corrected chi connectivity index (χ3v) is 3.02. The summed E-state index contributed by atoms with van der Waals surface area (Å²) in [6.07, 6.45) is 2.39. The van der Waals surface area contributed by atoms with Crippen LogP contribution in [0.25, 0.3) is 0 Å². The van der Waals surface area contributed by atoms with Gasteiger partial charge in [-0.1, -0.05) is 19.1 Å². The van der Waals surface area contributed by atoms with Crippen molar-refractivity contribution in [2.45, 2.75) is 39.2 Å². The Morgan fingerprint density at radius 2 is 1.94 bits per heavy atom. The predicted molar refractivity (Wildman–Crippen MR) is 62.6 cm³/mol. The van der Waals surface area contributed by atoms with Crippen LogP contribution in [0.2, 0.25) is 0 Å². The van der Waals surface area contributed by atoms with Crippen LogP contribution in [-0.4, -0.2) is 13.1 Å². The standard InChI is InChI=1S/C13H19F2N/c1-4-11(16-3)8-7-10-6-5-9(2)12(14)13(10)15/h5-6,11,16H,4,7-8H2,1-3H3. The molecule has 3 heteroatoms. The normalized spacial score (nSPS) is 12.8. The second-order valence-corrected chi connectivity index (χ2v) is 4.10. The van der Waals surface area contributed by atoms with Crippen molar-refractivity contribution in [3.05, 3.63) is 34.9 Å². The summed E-state index contributed by atoms with van der Waals surface area (Å²) >= 11 is 0. The van der Waals surface area contributed by atoms with Crippen LogP contribution in [0.4, 0.5) is 8.78 Å². The molecule has 0 fully saturated rings. The van der Waals surface area contributed by atoms with Crippen LogP contribution in [0.15, 0.2) is 12.1 Å². The number of halogens is 2. The van der Waals surface area contributed by atoms with Crippen molar-refractivity contribution >= 4 is 0 Å². The van der Waals surface area contributed by atoms with Crippen LogP contribution < -0.4 is 5.32 Å². The van der Waals surface area contributed by atoms with Gasteiger partial charge in [0, 0.05) is 6.04 Å². The molecule has 0 radical (unpaired) electrons. The molecule has 16 heavy (non-hydrogen) atoms. The van der Waals surface area contributed by atoms with Gasteiger partial charge in [0.15, 0.2) is 11.6 Å². The topological polar surface area (TPSA) is 12.0 Å². The van der Waals surface area contributed by atoms with Crippen molar-refractivity contribution in [3.63, 3.8) is 0 Å². The molecule has 1 rings (SSSR count). The first-order valence-electron chi connectivity index (χ1n) is 5.70. The van der Waals surface area contributed by atoms with Gasteiger partial charge in [-0.05, 0) is 44.4 Å². The molecule has 1 aromatic rings. The number of hydrogen-bond donors (Lipinski definition) is 1. The van der Waals surface area contributed by atoms with Crippen molar-refractivity contribution in [1.82, 2.24) is 5.32 Å². The maximum atomic E-state index is 13.5. The van der Waals surface area contributed by atoms with Gasteiger partial charge in [-0.2, -0.15) is 0 Å². The molecule has 0 bridgehead atoms. The molecular weight excluding hydrogens is 208 g/mol. The van der Waals surface area contributed by atoms with Crippen molar-refractivity contribution in [2.75, 3.05) is 7.05 Å². The SMILES string of the molecule is CCC(CCc1ccc(C)c(F)c1F)NC. The summed E-state index contributed by atoms with van der Waals surface area (Å²) < 4.78 is 26.8. The molecule has 1 atom stereocenters. The molecule has 0 aliphatic rings. The lowest BCUT2D eigenvalue weighted by atomic mass is 10.0. The Labute approximate surface area is 95.9 Å². The van der Waals surface area contributed by atoms with Crippen LogP contribution in [0.1, 0.15) is 30.9 Å². The van der Waals surface area contributed by atoms with E-state index in [1.165, 1.54) is 0 Å². The van der Waals surface area contributed by atoms with Crippen molar-refractivity contribution < 1.29 is 8.78 Å². The van der Waals surface area contributed by atoms with E-state index in [0.29, 0.717) is 23.6 Å². The molecule has 0 aromatic heterocycles. The lowest BCUT2D eigenvalue weighted by Crippen LogP contribution is -2.24. The lowest BCUT2D eigenvalue weighted by molar-refractivity contribution is 0.474.